The normalized spacial score (nSPS) is 7.71. The molecule has 0 aliphatic rings. The molecule has 0 nitrogen and oxygen atoms in total. The maximum atomic E-state index is 5.29. The van der Waals surface area contributed by atoms with Gasteiger partial charge < -0.3 is 18.6 Å². The summed E-state index contributed by atoms with van der Waals surface area (Å²) >= 11 is 0. The molecule has 0 unspecified atom stereocenters. The average Bonchev–Trinajstić information content (AvgIpc) is 1.27. The van der Waals surface area contributed by atoms with Crippen LogP contribution >= 0.6 is 0 Å². The lowest BCUT2D eigenvalue weighted by Gasteiger charge is -2.18. The number of hydrogen-bond acceptors (Lipinski definition) is 0. The second-order valence-corrected chi connectivity index (χ2v) is 1.73. The van der Waals surface area contributed by atoms with E-state index in [4.69, 9.17) is 6.58 Å². The highest BCUT2D eigenvalue weighted by Gasteiger charge is 1.59. The van der Waals surface area contributed by atoms with Crippen LogP contribution in [0.4, 0.5) is 0 Å². The van der Waals surface area contributed by atoms with Crippen LogP contribution in [-0.2, 0) is 0 Å². The van der Waals surface area contributed by atoms with E-state index in [1.807, 2.05) is 20.3 Å². The van der Waals surface area contributed by atoms with Crippen molar-refractivity contribution >= 4 is 0 Å². The van der Waals surface area contributed by atoms with Crippen molar-refractivity contribution in [3.8, 4) is 0 Å². The lowest BCUT2D eigenvalue weighted by molar-refractivity contribution is 1.35. The van der Waals surface area contributed by atoms with Crippen LogP contribution in [0, 0.1) is 13.0 Å². The fourth-order valence-corrected chi connectivity index (χ4v) is 0.389. The Bertz CT molecular complexity index is 76.2. The van der Waals surface area contributed by atoms with Gasteiger partial charge in [-0.2, -0.15) is 0 Å². The van der Waals surface area contributed by atoms with Gasteiger partial charge in [0.15, 0.2) is 0 Å². The molecule has 0 heteroatoms. The van der Waals surface area contributed by atoms with E-state index < -0.39 is 0 Å². The monoisotopic (exact) mass is 94.1 g/mol. The van der Waals surface area contributed by atoms with Crippen molar-refractivity contribution in [1.29, 1.82) is 0 Å². The number of allylic oxidation sites excluding steroid dienone is 2. The van der Waals surface area contributed by atoms with E-state index in [0.717, 1.165) is 11.1 Å². The number of rotatable bonds is 2. The summed E-state index contributed by atoms with van der Waals surface area (Å²) in [5, 5.41) is 0. The van der Waals surface area contributed by atoms with E-state index in [1.54, 1.807) is 0 Å². The molecule has 0 aromatic heterocycles. The molecule has 0 heterocycles. The first kappa shape index (κ1) is 6.35. The molecule has 0 aromatic rings. The highest BCUT2D eigenvalue weighted by molar-refractivity contribution is 5.19. The Morgan fingerprint density at radius 2 is 2.00 bits per heavy atom. The zero-order chi connectivity index (χ0) is 5.86. The molecule has 0 amide bonds. The van der Waals surface area contributed by atoms with E-state index in [0.29, 0.717) is 0 Å². The molecule has 7 heavy (non-hydrogen) atoms. The maximum absolute atomic E-state index is 5.29. The van der Waals surface area contributed by atoms with Gasteiger partial charge in [0.25, 0.3) is 0 Å². The van der Waals surface area contributed by atoms with Crippen LogP contribution in [0.1, 0.15) is 13.8 Å². The lowest BCUT2D eigenvalue weighted by atomic mass is 10.1. The molecule has 0 atom stereocenters. The zero-order valence-corrected chi connectivity index (χ0v) is 4.86. The molecule has 0 radical (unpaired) electrons. The van der Waals surface area contributed by atoms with Crippen molar-refractivity contribution in [3.05, 3.63) is 30.7 Å². The Hall–Kier alpha value is -0.650. The fraction of sp³-hybridized carbons (Fsp3) is 0.286. The predicted molar refractivity (Wildman–Crippen MR) is 32.6 cm³/mol. The highest BCUT2D eigenvalue weighted by Crippen LogP contribution is 2.00. The van der Waals surface area contributed by atoms with Gasteiger partial charge in [-0.25, -0.2) is 5.57 Å². The van der Waals surface area contributed by atoms with Crippen molar-refractivity contribution in [2.75, 3.05) is 0 Å². The van der Waals surface area contributed by atoms with Crippen LogP contribution in [0.3, 0.4) is 0 Å². The molecule has 0 rings (SSSR count). The average molecular weight is 94.2 g/mol. The van der Waals surface area contributed by atoms with Gasteiger partial charge in [0.05, 0.1) is 0 Å². The minimum atomic E-state index is 0.813. The summed E-state index contributed by atoms with van der Waals surface area (Å²) in [5.41, 5.74) is 1.81. The van der Waals surface area contributed by atoms with E-state index in [2.05, 4.69) is 6.58 Å². The Morgan fingerprint density at radius 1 is 1.57 bits per heavy atom. The van der Waals surface area contributed by atoms with Crippen molar-refractivity contribution < 1.29 is 0 Å². The van der Waals surface area contributed by atoms with Gasteiger partial charge in [-0.1, -0.05) is 6.92 Å². The van der Waals surface area contributed by atoms with Crippen molar-refractivity contribution in [2.45, 2.75) is 13.8 Å². The summed E-state index contributed by atoms with van der Waals surface area (Å²) in [6, 6.07) is 0. The second kappa shape index (κ2) is 2.51. The SMILES string of the molecule is [CH-]=C(C)[CH-]C(=C)C. The van der Waals surface area contributed by atoms with Gasteiger partial charge in [0, 0.05) is 0 Å². The third-order valence-corrected chi connectivity index (χ3v) is 0.474. The van der Waals surface area contributed by atoms with E-state index in [1.165, 1.54) is 0 Å². The molecular formula is C7H10-2. The Morgan fingerprint density at radius 3 is 2.00 bits per heavy atom. The van der Waals surface area contributed by atoms with Crippen molar-refractivity contribution in [1.82, 2.24) is 0 Å². The molecule has 40 valence electrons. The summed E-state index contributed by atoms with van der Waals surface area (Å²) < 4.78 is 0. The van der Waals surface area contributed by atoms with Gasteiger partial charge in [0.2, 0.25) is 0 Å². The summed E-state index contributed by atoms with van der Waals surface area (Å²) in [4.78, 5) is 0. The topological polar surface area (TPSA) is 0 Å². The van der Waals surface area contributed by atoms with Crippen LogP contribution in [0.5, 0.6) is 0 Å². The summed E-state index contributed by atoms with van der Waals surface area (Å²) in [6.45, 7) is 12.7. The first-order valence-corrected chi connectivity index (χ1v) is 2.22. The summed E-state index contributed by atoms with van der Waals surface area (Å²) in [5.74, 6) is 0. The van der Waals surface area contributed by atoms with E-state index in [-0.39, 0.29) is 0 Å². The van der Waals surface area contributed by atoms with Crippen LogP contribution in [0.2, 0.25) is 0 Å². The van der Waals surface area contributed by atoms with E-state index >= 15 is 0 Å². The molecule has 0 aliphatic heterocycles. The summed E-state index contributed by atoms with van der Waals surface area (Å²) in [7, 11) is 0. The molecule has 0 bridgehead atoms. The zero-order valence-electron chi connectivity index (χ0n) is 4.86. The molecule has 0 N–H and O–H groups in total. The van der Waals surface area contributed by atoms with Gasteiger partial charge in [-0.05, 0) is 0 Å². The second-order valence-electron chi connectivity index (χ2n) is 1.73. The van der Waals surface area contributed by atoms with Gasteiger partial charge >= 0.3 is 0 Å². The quantitative estimate of drug-likeness (QED) is 0.460. The minimum Gasteiger partial charge on any atom is -0.545 e. The Kier molecular flexibility index (Phi) is 2.28. The largest absolute Gasteiger partial charge is 0.545 e. The van der Waals surface area contributed by atoms with Crippen molar-refractivity contribution in [2.24, 2.45) is 0 Å². The molecule has 0 fully saturated rings. The smallest absolute Gasteiger partial charge is 0.0714 e. The first-order chi connectivity index (χ1) is 3.13. The molecule has 0 saturated heterocycles. The third-order valence-electron chi connectivity index (χ3n) is 0.474. The van der Waals surface area contributed by atoms with Crippen molar-refractivity contribution in [3.63, 3.8) is 0 Å². The van der Waals surface area contributed by atoms with Gasteiger partial charge in [-0.3, -0.25) is 0 Å². The third kappa shape index (κ3) is 5.35. The Balaban J connectivity index is 3.32. The summed E-state index contributed by atoms with van der Waals surface area (Å²) in [6.07, 6.45) is 1.83. The van der Waals surface area contributed by atoms with Gasteiger partial charge in [-0.15, -0.1) is 13.5 Å². The molecular weight excluding hydrogens is 84.1 g/mol. The first-order valence-electron chi connectivity index (χ1n) is 2.22. The molecule has 0 saturated carbocycles. The Labute approximate surface area is 45.5 Å². The van der Waals surface area contributed by atoms with Crippen LogP contribution in [0.25, 0.3) is 0 Å². The molecule has 0 aliphatic carbocycles. The highest BCUT2D eigenvalue weighted by atomic mass is 13.9. The van der Waals surface area contributed by atoms with Crippen LogP contribution in [0.15, 0.2) is 17.7 Å². The lowest BCUT2D eigenvalue weighted by Crippen LogP contribution is -1.74. The fourth-order valence-electron chi connectivity index (χ4n) is 0.389. The van der Waals surface area contributed by atoms with Gasteiger partial charge in [0.1, 0.15) is 0 Å². The standard InChI is InChI=1S/C7H10/c1-6(2)5-7(3)4/h1,5H,3H2,2,4H3/q-2. The molecule has 0 aromatic carbocycles. The van der Waals surface area contributed by atoms with Crippen LogP contribution < -0.4 is 0 Å². The number of hydrogen-bond donors (Lipinski definition) is 0. The maximum Gasteiger partial charge on any atom is -0.0714 e. The van der Waals surface area contributed by atoms with E-state index in [9.17, 15) is 0 Å². The molecule has 0 spiro atoms. The predicted octanol–water partition coefficient (Wildman–Crippen LogP) is 2.15. The van der Waals surface area contributed by atoms with Crippen LogP contribution in [-0.4, -0.2) is 0 Å². The minimum absolute atomic E-state index is 0.813.